The predicted octanol–water partition coefficient (Wildman–Crippen LogP) is 4.02. The van der Waals surface area contributed by atoms with Crippen LogP contribution in [-0.2, 0) is 0 Å². The summed E-state index contributed by atoms with van der Waals surface area (Å²) >= 11 is 0. The molecule has 0 fully saturated rings. The topological polar surface area (TPSA) is 30.7 Å². The van der Waals surface area contributed by atoms with Crippen LogP contribution in [0.25, 0.3) is 5.82 Å². The zero-order valence-electron chi connectivity index (χ0n) is 11.5. The number of hydrogen-bond acceptors (Lipinski definition) is 2. The zero-order chi connectivity index (χ0) is 13.1. The highest BCUT2D eigenvalue weighted by atomic mass is 15.3. The fourth-order valence-corrected chi connectivity index (χ4v) is 1.06. The Morgan fingerprint density at radius 3 is 2.24 bits per heavy atom. The Kier molecular flexibility index (Phi) is 8.65. The Hall–Kier alpha value is -1.64. The molecular formula is C14H23N3. The van der Waals surface area contributed by atoms with Gasteiger partial charge in [-0.15, -0.1) is 0 Å². The normalized spacial score (nSPS) is 8.53. The van der Waals surface area contributed by atoms with Gasteiger partial charge in [-0.25, -0.2) is 9.67 Å². The van der Waals surface area contributed by atoms with Crippen LogP contribution in [0.3, 0.4) is 0 Å². The van der Waals surface area contributed by atoms with Gasteiger partial charge in [0.15, 0.2) is 5.82 Å². The summed E-state index contributed by atoms with van der Waals surface area (Å²) in [5.74, 6) is 0.861. The van der Waals surface area contributed by atoms with Crippen molar-refractivity contribution in [2.75, 3.05) is 0 Å². The molecule has 0 radical (unpaired) electrons. The third kappa shape index (κ3) is 5.85. The van der Waals surface area contributed by atoms with Crippen LogP contribution >= 0.6 is 0 Å². The van der Waals surface area contributed by atoms with Crippen molar-refractivity contribution in [3.8, 4) is 5.82 Å². The molecule has 0 N–H and O–H groups in total. The van der Waals surface area contributed by atoms with Crippen molar-refractivity contribution in [2.24, 2.45) is 0 Å². The molecule has 0 bridgehead atoms. The van der Waals surface area contributed by atoms with Crippen molar-refractivity contribution < 1.29 is 0 Å². The maximum absolute atomic E-state index is 4.32. The summed E-state index contributed by atoms with van der Waals surface area (Å²) in [6.07, 6.45) is 4.87. The lowest BCUT2D eigenvalue weighted by atomic mass is 10.4. The van der Waals surface area contributed by atoms with Gasteiger partial charge in [-0.3, -0.25) is 0 Å². The van der Waals surface area contributed by atoms with Crippen LogP contribution in [0.4, 0.5) is 0 Å². The van der Waals surface area contributed by atoms with E-state index in [4.69, 9.17) is 0 Å². The molecule has 3 nitrogen and oxygen atoms in total. The minimum absolute atomic E-state index is 0.861. The Balaban J connectivity index is 0.000000450. The number of rotatable bonds is 1. The van der Waals surface area contributed by atoms with Crippen LogP contribution in [0.5, 0.6) is 0 Å². The maximum atomic E-state index is 4.32. The number of aromatic nitrogens is 3. The van der Waals surface area contributed by atoms with Crippen molar-refractivity contribution in [3.63, 3.8) is 0 Å². The lowest BCUT2D eigenvalue weighted by Crippen LogP contribution is -1.97. The Labute approximate surface area is 105 Å². The quantitative estimate of drug-likeness (QED) is 0.745. The molecule has 2 aromatic heterocycles. The van der Waals surface area contributed by atoms with Gasteiger partial charge >= 0.3 is 0 Å². The first kappa shape index (κ1) is 15.4. The molecule has 2 heterocycles. The zero-order valence-corrected chi connectivity index (χ0v) is 11.5. The molecule has 0 aliphatic carbocycles. The average Bonchev–Trinajstić information content (AvgIpc) is 2.86. The summed E-state index contributed by atoms with van der Waals surface area (Å²) in [6.45, 7) is 10.2. The first-order valence-corrected chi connectivity index (χ1v) is 6.21. The van der Waals surface area contributed by atoms with Crippen LogP contribution in [-0.4, -0.2) is 14.8 Å². The molecule has 3 heteroatoms. The highest BCUT2D eigenvalue weighted by Gasteiger charge is 1.95. The van der Waals surface area contributed by atoms with Gasteiger partial charge in [-0.05, 0) is 25.1 Å². The van der Waals surface area contributed by atoms with Crippen LogP contribution in [0.2, 0.25) is 0 Å². The molecule has 0 amide bonds. The number of hydrogen-bond donors (Lipinski definition) is 0. The lowest BCUT2D eigenvalue weighted by molar-refractivity contribution is 0.841. The highest BCUT2D eigenvalue weighted by molar-refractivity contribution is 5.22. The molecule has 0 aliphatic heterocycles. The Morgan fingerprint density at radius 2 is 1.76 bits per heavy atom. The summed E-state index contributed by atoms with van der Waals surface area (Å²) in [5, 5.41) is 4.08. The molecule has 94 valence electrons. The molecule has 0 spiro atoms. The third-order valence-corrected chi connectivity index (χ3v) is 1.61. The van der Waals surface area contributed by atoms with Gasteiger partial charge in [0, 0.05) is 18.1 Å². The number of pyridine rings is 1. The molecule has 0 aliphatic rings. The minimum Gasteiger partial charge on any atom is -0.234 e. The van der Waals surface area contributed by atoms with Crippen molar-refractivity contribution in [1.29, 1.82) is 0 Å². The molecule has 0 saturated heterocycles. The highest BCUT2D eigenvalue weighted by Crippen LogP contribution is 2.02. The minimum atomic E-state index is 0.861. The van der Waals surface area contributed by atoms with E-state index in [0.717, 1.165) is 11.5 Å². The molecule has 0 atom stereocenters. The second-order valence-corrected chi connectivity index (χ2v) is 3.29. The van der Waals surface area contributed by atoms with Gasteiger partial charge in [0.25, 0.3) is 0 Å². The molecule has 2 aromatic rings. The second kappa shape index (κ2) is 9.58. The van der Waals surface area contributed by atoms with Gasteiger partial charge < -0.3 is 0 Å². The summed E-state index contributed by atoms with van der Waals surface area (Å²) in [4.78, 5) is 4.32. The van der Waals surface area contributed by atoms with E-state index >= 15 is 0 Å². The first-order valence-electron chi connectivity index (χ1n) is 6.21. The summed E-state index contributed by atoms with van der Waals surface area (Å²) in [6, 6.07) is 7.75. The van der Waals surface area contributed by atoms with Gasteiger partial charge in [-0.1, -0.05) is 40.2 Å². The molecule has 2 rings (SSSR count). The van der Waals surface area contributed by atoms with Crippen LogP contribution in [0.1, 0.15) is 39.8 Å². The maximum Gasteiger partial charge on any atom is 0.153 e. The Morgan fingerprint density at radius 1 is 1.12 bits per heavy atom. The van der Waals surface area contributed by atoms with E-state index in [0.29, 0.717) is 0 Å². The summed E-state index contributed by atoms with van der Waals surface area (Å²) < 4.78 is 1.74. The van der Waals surface area contributed by atoms with Gasteiger partial charge in [0.1, 0.15) is 0 Å². The van der Waals surface area contributed by atoms with Crippen LogP contribution in [0, 0.1) is 6.92 Å². The van der Waals surface area contributed by atoms with E-state index in [-0.39, 0.29) is 0 Å². The van der Waals surface area contributed by atoms with E-state index in [1.807, 2.05) is 51.2 Å². The molecule has 0 aromatic carbocycles. The lowest BCUT2D eigenvalue weighted by Gasteiger charge is -1.99. The fourth-order valence-electron chi connectivity index (χ4n) is 1.06. The van der Waals surface area contributed by atoms with E-state index in [2.05, 4.69) is 23.9 Å². The van der Waals surface area contributed by atoms with Crippen molar-refractivity contribution >= 4 is 0 Å². The van der Waals surface area contributed by atoms with Crippen molar-refractivity contribution in [2.45, 2.75) is 41.0 Å². The Bertz CT molecular complexity index is 380. The van der Waals surface area contributed by atoms with E-state index < -0.39 is 0 Å². The number of nitrogens with zero attached hydrogens (tertiary/aromatic N) is 3. The van der Waals surface area contributed by atoms with Crippen LogP contribution in [0.15, 0.2) is 36.7 Å². The van der Waals surface area contributed by atoms with Gasteiger partial charge in [-0.2, -0.15) is 5.10 Å². The van der Waals surface area contributed by atoms with Crippen molar-refractivity contribution in [1.82, 2.24) is 14.8 Å². The monoisotopic (exact) mass is 233 g/mol. The summed E-state index contributed by atoms with van der Waals surface area (Å²) in [7, 11) is 0. The summed E-state index contributed by atoms with van der Waals surface area (Å²) in [5.41, 5.74) is 1.00. The second-order valence-electron chi connectivity index (χ2n) is 3.29. The SMILES string of the molecule is CC.CCC.Cc1cccc(-n2cccn2)n1. The van der Waals surface area contributed by atoms with Crippen LogP contribution < -0.4 is 0 Å². The predicted molar refractivity (Wildman–Crippen MR) is 73.4 cm³/mol. The average molecular weight is 233 g/mol. The van der Waals surface area contributed by atoms with E-state index in [1.165, 1.54) is 6.42 Å². The van der Waals surface area contributed by atoms with Gasteiger partial charge in [0.2, 0.25) is 0 Å². The van der Waals surface area contributed by atoms with E-state index in [9.17, 15) is 0 Å². The van der Waals surface area contributed by atoms with E-state index in [1.54, 1.807) is 10.9 Å². The molecular weight excluding hydrogens is 210 g/mol. The standard InChI is InChI=1S/C9H9N3.C3H8.C2H6/c1-8-4-2-5-9(11-8)12-7-3-6-10-12;1-3-2;1-2/h2-7H,1H3;3H2,1-2H3;1-2H3. The molecule has 0 unspecified atom stereocenters. The van der Waals surface area contributed by atoms with Gasteiger partial charge in [0.05, 0.1) is 0 Å². The first-order chi connectivity index (χ1) is 8.27. The smallest absolute Gasteiger partial charge is 0.153 e. The fraction of sp³-hybridized carbons (Fsp3) is 0.429. The third-order valence-electron chi connectivity index (χ3n) is 1.61. The number of aryl methyl sites for hydroxylation is 1. The largest absolute Gasteiger partial charge is 0.234 e. The molecule has 0 saturated carbocycles. The molecule has 17 heavy (non-hydrogen) atoms. The van der Waals surface area contributed by atoms with Crippen molar-refractivity contribution in [3.05, 3.63) is 42.4 Å².